The van der Waals surface area contributed by atoms with Gasteiger partial charge in [-0.2, -0.15) is 0 Å². The summed E-state index contributed by atoms with van der Waals surface area (Å²) in [7, 11) is 0. The molecular weight excluding hydrogens is 284 g/mol. The first-order chi connectivity index (χ1) is 9.59. The molecule has 3 nitrogen and oxygen atoms in total. The van der Waals surface area contributed by atoms with E-state index in [2.05, 4.69) is 17.4 Å². The van der Waals surface area contributed by atoms with Crippen molar-refractivity contribution in [1.29, 1.82) is 0 Å². The molecule has 21 heavy (non-hydrogen) atoms. The first-order valence-corrected chi connectivity index (χ1v) is 6.81. The smallest absolute Gasteiger partial charge is 0.221 e. The SMILES string of the molecule is CC(=O)Nc1ccc([C@@]2(N)C[C@H]2c2ccccc2)cc1.Cl. The summed E-state index contributed by atoms with van der Waals surface area (Å²) in [5.41, 5.74) is 9.47. The van der Waals surface area contributed by atoms with E-state index in [0.717, 1.165) is 17.7 Å². The molecule has 0 aromatic heterocycles. The number of halogens is 1. The Morgan fingerprint density at radius 3 is 2.33 bits per heavy atom. The minimum Gasteiger partial charge on any atom is -0.326 e. The van der Waals surface area contributed by atoms with Gasteiger partial charge >= 0.3 is 0 Å². The second-order valence-electron chi connectivity index (χ2n) is 5.47. The molecule has 1 aliphatic rings. The maximum absolute atomic E-state index is 11.0. The van der Waals surface area contributed by atoms with E-state index in [1.165, 1.54) is 12.5 Å². The third-order valence-corrected chi connectivity index (χ3v) is 3.95. The number of nitrogens with one attached hydrogen (secondary N) is 1. The van der Waals surface area contributed by atoms with Crippen molar-refractivity contribution in [3.05, 3.63) is 65.7 Å². The highest BCUT2D eigenvalue weighted by Crippen LogP contribution is 2.56. The highest BCUT2D eigenvalue weighted by Gasteiger charge is 2.52. The van der Waals surface area contributed by atoms with Gasteiger partial charge < -0.3 is 11.1 Å². The van der Waals surface area contributed by atoms with Gasteiger partial charge in [0.05, 0.1) is 0 Å². The number of benzene rings is 2. The summed E-state index contributed by atoms with van der Waals surface area (Å²) < 4.78 is 0. The second-order valence-corrected chi connectivity index (χ2v) is 5.47. The maximum Gasteiger partial charge on any atom is 0.221 e. The zero-order valence-corrected chi connectivity index (χ0v) is 12.7. The van der Waals surface area contributed by atoms with Crippen LogP contribution in [0.2, 0.25) is 0 Å². The van der Waals surface area contributed by atoms with Crippen LogP contribution in [0.3, 0.4) is 0 Å². The Balaban J connectivity index is 0.00000161. The van der Waals surface area contributed by atoms with E-state index >= 15 is 0 Å². The average Bonchev–Trinajstić information content (AvgIpc) is 3.13. The van der Waals surface area contributed by atoms with E-state index < -0.39 is 0 Å². The first-order valence-electron chi connectivity index (χ1n) is 6.81. The van der Waals surface area contributed by atoms with Crippen LogP contribution in [0.25, 0.3) is 0 Å². The highest BCUT2D eigenvalue weighted by atomic mass is 35.5. The fourth-order valence-corrected chi connectivity index (χ4v) is 2.77. The van der Waals surface area contributed by atoms with Gasteiger partial charge in [-0.1, -0.05) is 42.5 Å². The van der Waals surface area contributed by atoms with Gasteiger partial charge in [-0.15, -0.1) is 12.4 Å². The van der Waals surface area contributed by atoms with Gasteiger partial charge in [0, 0.05) is 24.1 Å². The molecule has 0 spiro atoms. The van der Waals surface area contributed by atoms with Gasteiger partial charge in [0.15, 0.2) is 0 Å². The molecule has 0 aliphatic heterocycles. The van der Waals surface area contributed by atoms with Gasteiger partial charge in [0.1, 0.15) is 0 Å². The van der Waals surface area contributed by atoms with Crippen molar-refractivity contribution < 1.29 is 4.79 Å². The fourth-order valence-electron chi connectivity index (χ4n) is 2.77. The van der Waals surface area contributed by atoms with Gasteiger partial charge in [0.2, 0.25) is 5.91 Å². The van der Waals surface area contributed by atoms with Crippen LogP contribution in [-0.4, -0.2) is 5.91 Å². The van der Waals surface area contributed by atoms with E-state index in [0.29, 0.717) is 5.92 Å². The van der Waals surface area contributed by atoms with Crippen molar-refractivity contribution in [2.24, 2.45) is 5.73 Å². The Morgan fingerprint density at radius 2 is 1.76 bits per heavy atom. The molecule has 110 valence electrons. The first kappa shape index (κ1) is 15.5. The lowest BCUT2D eigenvalue weighted by atomic mass is 9.99. The van der Waals surface area contributed by atoms with Gasteiger partial charge in [-0.05, 0) is 29.7 Å². The summed E-state index contributed by atoms with van der Waals surface area (Å²) in [6.07, 6.45) is 0.969. The molecule has 4 heteroatoms. The fraction of sp³-hybridized carbons (Fsp3) is 0.235. The van der Waals surface area contributed by atoms with Crippen LogP contribution >= 0.6 is 12.4 Å². The standard InChI is InChI=1S/C17H18N2O.ClH/c1-12(20)19-15-9-7-14(8-10-15)17(18)11-16(17)13-5-3-2-4-6-13;/h2-10,16H,11,18H2,1H3,(H,19,20);1H/t16-,17-;/m0./s1. The summed E-state index contributed by atoms with van der Waals surface area (Å²) >= 11 is 0. The quantitative estimate of drug-likeness (QED) is 0.913. The van der Waals surface area contributed by atoms with Crippen molar-refractivity contribution in [3.63, 3.8) is 0 Å². The lowest BCUT2D eigenvalue weighted by molar-refractivity contribution is -0.114. The molecule has 3 rings (SSSR count). The molecule has 0 saturated heterocycles. The zero-order chi connectivity index (χ0) is 14.2. The number of nitrogens with two attached hydrogens (primary N) is 1. The van der Waals surface area contributed by atoms with E-state index in [1.54, 1.807) is 0 Å². The van der Waals surface area contributed by atoms with E-state index in [1.807, 2.05) is 42.5 Å². The Bertz CT molecular complexity index is 627. The molecule has 0 bridgehead atoms. The minimum atomic E-state index is -0.268. The van der Waals surface area contributed by atoms with Crippen LogP contribution in [0.5, 0.6) is 0 Å². The highest BCUT2D eigenvalue weighted by molar-refractivity contribution is 5.88. The molecule has 1 saturated carbocycles. The van der Waals surface area contributed by atoms with Crippen LogP contribution in [0, 0.1) is 0 Å². The Kier molecular flexibility index (Phi) is 4.35. The Hall–Kier alpha value is -1.84. The molecule has 2 atom stereocenters. The molecular formula is C17H19ClN2O. The third-order valence-electron chi connectivity index (χ3n) is 3.95. The number of amides is 1. The summed E-state index contributed by atoms with van der Waals surface area (Å²) in [5.74, 6) is 0.323. The average molecular weight is 303 g/mol. The molecule has 2 aromatic carbocycles. The van der Waals surface area contributed by atoms with Crippen LogP contribution in [0.4, 0.5) is 5.69 Å². The van der Waals surface area contributed by atoms with Crippen LogP contribution in [0.15, 0.2) is 54.6 Å². The molecule has 0 unspecified atom stereocenters. The summed E-state index contributed by atoms with van der Waals surface area (Å²) in [5, 5.41) is 2.77. The lowest BCUT2D eigenvalue weighted by Crippen LogP contribution is -2.21. The Morgan fingerprint density at radius 1 is 1.14 bits per heavy atom. The van der Waals surface area contributed by atoms with Crippen molar-refractivity contribution in [3.8, 4) is 0 Å². The number of carbonyl (C=O) groups excluding carboxylic acids is 1. The van der Waals surface area contributed by atoms with Gasteiger partial charge in [-0.3, -0.25) is 4.79 Å². The van der Waals surface area contributed by atoms with Crippen LogP contribution < -0.4 is 11.1 Å². The van der Waals surface area contributed by atoms with Gasteiger partial charge in [0.25, 0.3) is 0 Å². The molecule has 3 N–H and O–H groups in total. The van der Waals surface area contributed by atoms with Crippen molar-refractivity contribution in [2.45, 2.75) is 24.8 Å². The number of carbonyl (C=O) groups is 1. The van der Waals surface area contributed by atoms with E-state index in [-0.39, 0.29) is 23.9 Å². The maximum atomic E-state index is 11.0. The number of hydrogen-bond acceptors (Lipinski definition) is 2. The summed E-state index contributed by atoms with van der Waals surface area (Å²) in [6, 6.07) is 18.2. The molecule has 0 heterocycles. The second kappa shape index (κ2) is 5.88. The molecule has 2 aromatic rings. The third kappa shape index (κ3) is 3.09. The predicted molar refractivity (Wildman–Crippen MR) is 87.7 cm³/mol. The monoisotopic (exact) mass is 302 g/mol. The largest absolute Gasteiger partial charge is 0.326 e. The topological polar surface area (TPSA) is 55.1 Å². The Labute approximate surface area is 131 Å². The van der Waals surface area contributed by atoms with Crippen LogP contribution in [0.1, 0.15) is 30.4 Å². The van der Waals surface area contributed by atoms with Crippen LogP contribution in [-0.2, 0) is 10.3 Å². The lowest BCUT2D eigenvalue weighted by Gasteiger charge is -2.13. The molecule has 0 radical (unpaired) electrons. The number of hydrogen-bond donors (Lipinski definition) is 2. The van der Waals surface area contributed by atoms with Gasteiger partial charge in [-0.25, -0.2) is 0 Å². The van der Waals surface area contributed by atoms with Crippen molar-refractivity contribution in [1.82, 2.24) is 0 Å². The summed E-state index contributed by atoms with van der Waals surface area (Å²) in [4.78, 5) is 11.0. The molecule has 1 fully saturated rings. The molecule has 1 aliphatic carbocycles. The zero-order valence-electron chi connectivity index (χ0n) is 11.9. The minimum absolute atomic E-state index is 0. The summed E-state index contributed by atoms with van der Waals surface area (Å²) in [6.45, 7) is 1.50. The number of rotatable bonds is 3. The predicted octanol–water partition coefficient (Wildman–Crippen LogP) is 3.41. The van der Waals surface area contributed by atoms with E-state index in [9.17, 15) is 4.79 Å². The van der Waals surface area contributed by atoms with Crippen molar-refractivity contribution in [2.75, 3.05) is 5.32 Å². The van der Waals surface area contributed by atoms with Crippen molar-refractivity contribution >= 4 is 24.0 Å². The number of anilines is 1. The van der Waals surface area contributed by atoms with E-state index in [4.69, 9.17) is 5.73 Å². The normalized spacial score (nSPS) is 23.0. The molecule has 1 amide bonds.